The Morgan fingerprint density at radius 2 is 1.88 bits per heavy atom. The first-order valence-corrected chi connectivity index (χ1v) is 11.3. The molecule has 0 saturated carbocycles. The summed E-state index contributed by atoms with van der Waals surface area (Å²) < 4.78 is 6.36. The zero-order valence-electron chi connectivity index (χ0n) is 17.1. The van der Waals surface area contributed by atoms with E-state index in [1.165, 1.54) is 0 Å². The largest absolute Gasteiger partial charge is 0.459 e. The van der Waals surface area contributed by atoms with Gasteiger partial charge in [-0.1, -0.05) is 41.4 Å². The van der Waals surface area contributed by atoms with Crippen LogP contribution >= 0.6 is 35.4 Å². The van der Waals surface area contributed by atoms with Gasteiger partial charge in [-0.3, -0.25) is 4.98 Å². The third-order valence-corrected chi connectivity index (χ3v) is 6.36. The van der Waals surface area contributed by atoms with Gasteiger partial charge in [-0.05, 0) is 79.3 Å². The van der Waals surface area contributed by atoms with Crippen molar-refractivity contribution in [1.29, 1.82) is 0 Å². The smallest absolute Gasteiger partial charge is 0.174 e. The molecular formula is C25H19Cl2N3OS. The number of pyridine rings is 1. The van der Waals surface area contributed by atoms with E-state index < -0.39 is 0 Å². The van der Waals surface area contributed by atoms with Gasteiger partial charge in [0, 0.05) is 22.5 Å². The molecule has 4 nitrogen and oxygen atoms in total. The number of furan rings is 1. The van der Waals surface area contributed by atoms with Gasteiger partial charge in [0.15, 0.2) is 5.11 Å². The maximum Gasteiger partial charge on any atom is 0.174 e. The third-order valence-electron chi connectivity index (χ3n) is 5.49. The van der Waals surface area contributed by atoms with E-state index in [-0.39, 0.29) is 12.1 Å². The number of nitrogens with one attached hydrogen (secondary N) is 1. The minimum atomic E-state index is -0.223. The zero-order chi connectivity index (χ0) is 22.2. The third kappa shape index (κ3) is 3.88. The lowest BCUT2D eigenvalue weighted by Gasteiger charge is -2.26. The summed E-state index contributed by atoms with van der Waals surface area (Å²) in [5.41, 5.74) is 3.82. The molecule has 1 saturated heterocycles. The fourth-order valence-electron chi connectivity index (χ4n) is 4.05. The molecule has 5 rings (SSSR count). The first kappa shape index (κ1) is 21.0. The van der Waals surface area contributed by atoms with E-state index in [2.05, 4.69) is 40.3 Å². The van der Waals surface area contributed by atoms with Crippen LogP contribution in [0.25, 0.3) is 11.3 Å². The lowest BCUT2D eigenvalue weighted by molar-refractivity contribution is 0.439. The molecule has 0 amide bonds. The lowest BCUT2D eigenvalue weighted by atomic mass is 10.0. The average molecular weight is 480 g/mol. The van der Waals surface area contributed by atoms with E-state index in [1.54, 1.807) is 18.3 Å². The quantitative estimate of drug-likeness (QED) is 0.315. The van der Waals surface area contributed by atoms with Crippen molar-refractivity contribution in [3.05, 3.63) is 106 Å². The van der Waals surface area contributed by atoms with Gasteiger partial charge < -0.3 is 14.6 Å². The minimum Gasteiger partial charge on any atom is -0.459 e. The minimum absolute atomic E-state index is 0.177. The molecule has 4 aromatic rings. The highest BCUT2D eigenvalue weighted by Gasteiger charge is 2.42. The summed E-state index contributed by atoms with van der Waals surface area (Å²) in [5.74, 6) is 1.43. The van der Waals surface area contributed by atoms with Gasteiger partial charge in [-0.2, -0.15) is 0 Å². The van der Waals surface area contributed by atoms with E-state index in [9.17, 15) is 0 Å². The topological polar surface area (TPSA) is 41.3 Å². The predicted molar refractivity (Wildman–Crippen MR) is 133 cm³/mol. The molecule has 0 unspecified atom stereocenters. The Hall–Kier alpha value is -2.86. The average Bonchev–Trinajstić information content (AvgIpc) is 3.39. The van der Waals surface area contributed by atoms with Gasteiger partial charge in [0.05, 0.1) is 16.8 Å². The van der Waals surface area contributed by atoms with Crippen LogP contribution in [-0.4, -0.2) is 10.1 Å². The molecule has 0 spiro atoms. The van der Waals surface area contributed by atoms with E-state index in [0.29, 0.717) is 20.9 Å². The van der Waals surface area contributed by atoms with E-state index >= 15 is 0 Å². The number of benzene rings is 2. The number of nitrogens with zero attached hydrogens (tertiary/aromatic N) is 2. The Balaban J connectivity index is 1.61. The molecule has 160 valence electrons. The summed E-state index contributed by atoms with van der Waals surface area (Å²) >= 11 is 18.3. The molecule has 1 N–H and O–H groups in total. The van der Waals surface area contributed by atoms with Crippen LogP contribution in [0.4, 0.5) is 5.69 Å². The van der Waals surface area contributed by atoms with Crippen LogP contribution in [0.1, 0.15) is 29.1 Å². The molecule has 1 aliphatic heterocycles. The van der Waals surface area contributed by atoms with Crippen LogP contribution in [0.15, 0.2) is 83.4 Å². The summed E-state index contributed by atoms with van der Waals surface area (Å²) in [5, 5.41) is 5.19. The summed E-state index contributed by atoms with van der Waals surface area (Å²) in [4.78, 5) is 6.67. The van der Waals surface area contributed by atoms with E-state index in [0.717, 1.165) is 28.3 Å². The fraction of sp³-hybridized carbons (Fsp3) is 0.120. The standard InChI is InChI=1S/C25H19Cl2N3OS/c1-15-5-4-6-17(13-15)30-24(23(29-25(30)32)20-7-2-3-12-28-20)22-11-10-21(31-22)18-9-8-16(26)14-19(18)27/h2-14,23-24H,1H3,(H,29,32)/t23-,24+/m1/s1. The summed E-state index contributed by atoms with van der Waals surface area (Å²) in [6.07, 6.45) is 1.79. The molecular weight excluding hydrogens is 461 g/mol. The van der Waals surface area contributed by atoms with Crippen LogP contribution in [0, 0.1) is 6.92 Å². The molecule has 0 radical (unpaired) electrons. The van der Waals surface area contributed by atoms with Crippen LogP contribution in [0.5, 0.6) is 0 Å². The van der Waals surface area contributed by atoms with Crippen molar-refractivity contribution in [3.63, 3.8) is 0 Å². The highest BCUT2D eigenvalue weighted by molar-refractivity contribution is 7.80. The summed E-state index contributed by atoms with van der Waals surface area (Å²) in [6, 6.07) is 23.0. The summed E-state index contributed by atoms with van der Waals surface area (Å²) in [6.45, 7) is 2.06. The summed E-state index contributed by atoms with van der Waals surface area (Å²) in [7, 11) is 0. The molecule has 1 aliphatic rings. The highest BCUT2D eigenvalue weighted by Crippen LogP contribution is 2.43. The van der Waals surface area contributed by atoms with Crippen molar-refractivity contribution in [2.75, 3.05) is 4.90 Å². The molecule has 2 aromatic heterocycles. The SMILES string of the molecule is Cc1cccc(N2C(=S)N[C@H](c3ccccn3)[C@@H]2c2ccc(-c3ccc(Cl)cc3Cl)o2)c1. The number of rotatable bonds is 4. The van der Waals surface area contributed by atoms with E-state index in [4.69, 9.17) is 39.8 Å². The van der Waals surface area contributed by atoms with Gasteiger partial charge >= 0.3 is 0 Å². The van der Waals surface area contributed by atoms with Gasteiger partial charge in [0.1, 0.15) is 17.6 Å². The van der Waals surface area contributed by atoms with Gasteiger partial charge in [0.25, 0.3) is 0 Å². The van der Waals surface area contributed by atoms with Gasteiger partial charge in [-0.15, -0.1) is 0 Å². The molecule has 7 heteroatoms. The Labute approximate surface area is 201 Å². The van der Waals surface area contributed by atoms with Crippen LogP contribution in [-0.2, 0) is 0 Å². The molecule has 32 heavy (non-hydrogen) atoms. The molecule has 0 aliphatic carbocycles. The number of hydrogen-bond acceptors (Lipinski definition) is 3. The predicted octanol–water partition coefficient (Wildman–Crippen LogP) is 7.13. The number of thiocarbonyl (C=S) groups is 1. The van der Waals surface area contributed by atoms with Gasteiger partial charge in [0.2, 0.25) is 0 Å². The van der Waals surface area contributed by atoms with Crippen LogP contribution in [0.2, 0.25) is 10.0 Å². The highest BCUT2D eigenvalue weighted by atomic mass is 35.5. The monoisotopic (exact) mass is 479 g/mol. The number of hydrogen-bond donors (Lipinski definition) is 1. The Kier molecular flexibility index (Phi) is 5.64. The lowest BCUT2D eigenvalue weighted by Crippen LogP contribution is -2.29. The van der Waals surface area contributed by atoms with Crippen molar-refractivity contribution in [1.82, 2.24) is 10.3 Å². The van der Waals surface area contributed by atoms with Crippen molar-refractivity contribution >= 4 is 46.2 Å². The zero-order valence-corrected chi connectivity index (χ0v) is 19.5. The second-order valence-electron chi connectivity index (χ2n) is 7.66. The van der Waals surface area contributed by atoms with E-state index in [1.807, 2.05) is 42.5 Å². The first-order chi connectivity index (χ1) is 15.5. The molecule has 3 heterocycles. The second-order valence-corrected chi connectivity index (χ2v) is 8.89. The van der Waals surface area contributed by atoms with Crippen LogP contribution in [0.3, 0.4) is 0 Å². The molecule has 2 atom stereocenters. The Bertz CT molecular complexity index is 1290. The van der Waals surface area contributed by atoms with Crippen molar-refractivity contribution in [2.24, 2.45) is 0 Å². The van der Waals surface area contributed by atoms with Crippen LogP contribution < -0.4 is 10.2 Å². The Morgan fingerprint density at radius 3 is 2.62 bits per heavy atom. The second kappa shape index (κ2) is 8.58. The van der Waals surface area contributed by atoms with Crippen molar-refractivity contribution in [3.8, 4) is 11.3 Å². The fourth-order valence-corrected chi connectivity index (χ4v) is 4.89. The van der Waals surface area contributed by atoms with Gasteiger partial charge in [-0.25, -0.2) is 0 Å². The Morgan fingerprint density at radius 1 is 1.00 bits per heavy atom. The number of anilines is 1. The number of halogens is 2. The normalized spacial score (nSPS) is 18.1. The van der Waals surface area contributed by atoms with Crippen molar-refractivity contribution < 1.29 is 4.42 Å². The molecule has 0 bridgehead atoms. The maximum atomic E-state index is 6.42. The maximum absolute atomic E-state index is 6.42. The molecule has 2 aromatic carbocycles. The number of aromatic nitrogens is 1. The molecule has 1 fully saturated rings. The first-order valence-electron chi connectivity index (χ1n) is 10.1. The number of aryl methyl sites for hydroxylation is 1. The van der Waals surface area contributed by atoms with Crippen molar-refractivity contribution in [2.45, 2.75) is 19.0 Å².